The Morgan fingerprint density at radius 2 is 2.00 bits per heavy atom. The number of piperidine rings is 1. The Kier molecular flexibility index (Phi) is 4.12. The Hall–Kier alpha value is -0.910. The summed E-state index contributed by atoms with van der Waals surface area (Å²) in [5.74, 6) is -1.09. The largest absolute Gasteiger partial charge is 0.481 e. The summed E-state index contributed by atoms with van der Waals surface area (Å²) in [7, 11) is 2.21. The molecule has 5 nitrogen and oxygen atoms in total. The molecule has 5 rings (SSSR count). The van der Waals surface area contributed by atoms with Crippen molar-refractivity contribution < 1.29 is 19.7 Å². The zero-order valence-electron chi connectivity index (χ0n) is 17.5. The third kappa shape index (κ3) is 2.27. The van der Waals surface area contributed by atoms with Gasteiger partial charge in [-0.3, -0.25) is 4.79 Å². The van der Waals surface area contributed by atoms with E-state index in [1.54, 1.807) is 5.57 Å². The average molecular weight is 390 g/mol. The van der Waals surface area contributed by atoms with Crippen LogP contribution in [0, 0.1) is 34.5 Å². The number of hydrogen-bond acceptors (Lipinski definition) is 4. The van der Waals surface area contributed by atoms with E-state index in [2.05, 4.69) is 11.9 Å². The van der Waals surface area contributed by atoms with Gasteiger partial charge in [-0.1, -0.05) is 25.0 Å². The number of hydrogen-bond donors (Lipinski definition) is 2. The Morgan fingerprint density at radius 1 is 1.25 bits per heavy atom. The van der Waals surface area contributed by atoms with Crippen LogP contribution in [0.5, 0.6) is 0 Å². The standard InChI is InChI=1S/C23H35NO4/c1-14(2)23(27)9-8-21(13-28-23)16-6-4-15-5-7-17-18(20(25)26)10-22(21,19(15)17)12-24(3)11-16/h14,16-18,27H,4-13H2,1-3H3,(H,25,26). The highest BCUT2D eigenvalue weighted by molar-refractivity contribution is 5.73. The second kappa shape index (κ2) is 6.05. The van der Waals surface area contributed by atoms with Gasteiger partial charge in [-0.05, 0) is 57.4 Å². The zero-order valence-corrected chi connectivity index (χ0v) is 17.5. The minimum absolute atomic E-state index is 0.0233. The topological polar surface area (TPSA) is 70.0 Å². The molecule has 5 aliphatic rings. The first-order chi connectivity index (χ1) is 13.2. The molecule has 2 saturated heterocycles. The molecular formula is C23H35NO4. The predicted molar refractivity (Wildman–Crippen MR) is 106 cm³/mol. The van der Waals surface area contributed by atoms with Crippen LogP contribution in [0.25, 0.3) is 0 Å². The molecular weight excluding hydrogens is 354 g/mol. The van der Waals surface area contributed by atoms with Crippen molar-refractivity contribution in [3.8, 4) is 0 Å². The molecule has 6 unspecified atom stereocenters. The maximum absolute atomic E-state index is 12.2. The van der Waals surface area contributed by atoms with Crippen molar-refractivity contribution in [1.82, 2.24) is 4.90 Å². The third-order valence-corrected chi connectivity index (χ3v) is 9.41. The zero-order chi connectivity index (χ0) is 19.9. The van der Waals surface area contributed by atoms with E-state index in [0.29, 0.717) is 18.9 Å². The summed E-state index contributed by atoms with van der Waals surface area (Å²) in [6.07, 6.45) is 6.80. The van der Waals surface area contributed by atoms with Gasteiger partial charge in [0, 0.05) is 36.3 Å². The van der Waals surface area contributed by atoms with Gasteiger partial charge >= 0.3 is 5.97 Å². The second-order valence-corrected chi connectivity index (χ2v) is 10.8. The summed E-state index contributed by atoms with van der Waals surface area (Å²) < 4.78 is 6.30. The van der Waals surface area contributed by atoms with Crippen LogP contribution in [0.1, 0.15) is 58.8 Å². The minimum Gasteiger partial charge on any atom is -0.481 e. The van der Waals surface area contributed by atoms with Gasteiger partial charge in [-0.2, -0.15) is 0 Å². The van der Waals surface area contributed by atoms with E-state index < -0.39 is 11.8 Å². The fourth-order valence-corrected chi connectivity index (χ4v) is 8.03. The van der Waals surface area contributed by atoms with Crippen LogP contribution in [0.2, 0.25) is 0 Å². The maximum atomic E-state index is 12.2. The van der Waals surface area contributed by atoms with Gasteiger partial charge in [-0.25, -0.2) is 0 Å². The number of rotatable bonds is 2. The van der Waals surface area contributed by atoms with Crippen LogP contribution in [0.15, 0.2) is 11.1 Å². The number of aliphatic hydroxyl groups is 1. The summed E-state index contributed by atoms with van der Waals surface area (Å²) >= 11 is 0. The van der Waals surface area contributed by atoms with Crippen molar-refractivity contribution in [1.29, 1.82) is 0 Å². The number of carboxylic acids is 1. The number of aliphatic carboxylic acids is 1. The lowest BCUT2D eigenvalue weighted by Crippen LogP contribution is -2.64. The van der Waals surface area contributed by atoms with Crippen molar-refractivity contribution in [3.05, 3.63) is 11.1 Å². The summed E-state index contributed by atoms with van der Waals surface area (Å²) in [5, 5.41) is 21.0. The maximum Gasteiger partial charge on any atom is 0.307 e. The lowest BCUT2D eigenvalue weighted by Gasteiger charge is -2.62. The molecule has 2 N–H and O–H groups in total. The fourth-order valence-electron chi connectivity index (χ4n) is 8.03. The molecule has 156 valence electrons. The monoisotopic (exact) mass is 389 g/mol. The highest BCUT2D eigenvalue weighted by Crippen LogP contribution is 2.71. The quantitative estimate of drug-likeness (QED) is 0.710. The van der Waals surface area contributed by atoms with Gasteiger partial charge in [0.25, 0.3) is 0 Å². The molecule has 1 saturated carbocycles. The van der Waals surface area contributed by atoms with Crippen LogP contribution in [0.3, 0.4) is 0 Å². The van der Waals surface area contributed by atoms with Crippen LogP contribution < -0.4 is 0 Å². The van der Waals surface area contributed by atoms with E-state index in [9.17, 15) is 15.0 Å². The van der Waals surface area contributed by atoms with E-state index in [0.717, 1.165) is 45.2 Å². The van der Waals surface area contributed by atoms with Gasteiger partial charge in [0.05, 0.1) is 12.5 Å². The first-order valence-electron chi connectivity index (χ1n) is 11.2. The Labute approximate surface area is 168 Å². The van der Waals surface area contributed by atoms with E-state index in [1.807, 2.05) is 13.8 Å². The predicted octanol–water partition coefficient (Wildman–Crippen LogP) is 3.28. The number of nitrogens with zero attached hydrogens (tertiary/aromatic N) is 1. The van der Waals surface area contributed by atoms with Gasteiger partial charge in [-0.15, -0.1) is 0 Å². The molecule has 2 spiro atoms. The molecule has 0 aromatic heterocycles. The van der Waals surface area contributed by atoms with Crippen molar-refractivity contribution in [2.24, 2.45) is 34.5 Å². The lowest BCUT2D eigenvalue weighted by molar-refractivity contribution is -0.300. The molecule has 6 atom stereocenters. The highest BCUT2D eigenvalue weighted by Gasteiger charge is 2.69. The molecule has 0 radical (unpaired) electrons. The molecule has 5 heteroatoms. The van der Waals surface area contributed by atoms with Gasteiger partial charge in [0.2, 0.25) is 0 Å². The van der Waals surface area contributed by atoms with Crippen molar-refractivity contribution >= 4 is 5.97 Å². The van der Waals surface area contributed by atoms with E-state index in [1.165, 1.54) is 12.0 Å². The van der Waals surface area contributed by atoms with Crippen LogP contribution >= 0.6 is 0 Å². The van der Waals surface area contributed by atoms with Crippen molar-refractivity contribution in [2.45, 2.75) is 64.6 Å². The number of carbonyl (C=O) groups is 1. The van der Waals surface area contributed by atoms with E-state index in [-0.39, 0.29) is 28.6 Å². The van der Waals surface area contributed by atoms with Gasteiger partial charge in [0.15, 0.2) is 5.79 Å². The Bertz CT molecular complexity index is 720. The van der Waals surface area contributed by atoms with E-state index >= 15 is 0 Å². The number of allylic oxidation sites excluding steroid dienone is 1. The van der Waals surface area contributed by atoms with Crippen LogP contribution in [0.4, 0.5) is 0 Å². The molecule has 2 bridgehead atoms. The SMILES string of the molecule is CC(C)C1(O)CCC2(CO1)C1CCC3=C4C(CC3)C(C(=O)O)CC42CN(C)C1. The summed E-state index contributed by atoms with van der Waals surface area (Å²) in [4.78, 5) is 14.7. The van der Waals surface area contributed by atoms with Crippen molar-refractivity contribution in [3.63, 3.8) is 0 Å². The van der Waals surface area contributed by atoms with E-state index in [4.69, 9.17) is 4.74 Å². The third-order valence-electron chi connectivity index (χ3n) is 9.41. The average Bonchev–Trinajstić information content (AvgIpc) is 3.17. The van der Waals surface area contributed by atoms with Gasteiger partial charge < -0.3 is 19.8 Å². The fraction of sp³-hybridized carbons (Fsp3) is 0.870. The highest BCUT2D eigenvalue weighted by atomic mass is 16.6. The summed E-state index contributed by atoms with van der Waals surface area (Å²) in [6.45, 7) is 6.65. The lowest BCUT2D eigenvalue weighted by atomic mass is 9.50. The Balaban J connectivity index is 1.63. The molecule has 0 aromatic rings. The molecule has 0 amide bonds. The smallest absolute Gasteiger partial charge is 0.307 e. The molecule has 3 fully saturated rings. The molecule has 28 heavy (non-hydrogen) atoms. The van der Waals surface area contributed by atoms with Crippen molar-refractivity contribution in [2.75, 3.05) is 26.7 Å². The second-order valence-electron chi connectivity index (χ2n) is 10.8. The molecule has 3 aliphatic carbocycles. The van der Waals surface area contributed by atoms with Crippen LogP contribution in [-0.2, 0) is 9.53 Å². The summed E-state index contributed by atoms with van der Waals surface area (Å²) in [6, 6.07) is 0. The van der Waals surface area contributed by atoms with Gasteiger partial charge in [0.1, 0.15) is 0 Å². The van der Waals surface area contributed by atoms with Crippen LogP contribution in [-0.4, -0.2) is 53.6 Å². The molecule has 2 heterocycles. The number of likely N-dealkylation sites (tertiary alicyclic amines) is 1. The first-order valence-corrected chi connectivity index (χ1v) is 11.2. The molecule has 0 aromatic carbocycles. The normalized spacial score (nSPS) is 48.2. The first kappa shape index (κ1) is 19.1. The number of carboxylic acid groups (broad SMARTS) is 1. The molecule has 2 aliphatic heterocycles. The minimum atomic E-state index is -1.04. The Morgan fingerprint density at radius 3 is 2.64 bits per heavy atom. The summed E-state index contributed by atoms with van der Waals surface area (Å²) in [5.41, 5.74) is 2.99. The number of ether oxygens (including phenoxy) is 1.